The summed E-state index contributed by atoms with van der Waals surface area (Å²) in [7, 11) is 3.06. The van der Waals surface area contributed by atoms with Gasteiger partial charge in [-0.15, -0.1) is 0 Å². The lowest BCUT2D eigenvalue weighted by Gasteiger charge is -2.44. The van der Waals surface area contributed by atoms with Crippen LogP contribution in [0.15, 0.2) is 30.5 Å². The third-order valence-electron chi connectivity index (χ3n) is 7.13. The predicted molar refractivity (Wildman–Crippen MR) is 138 cm³/mol. The maximum atomic E-state index is 13.6. The van der Waals surface area contributed by atoms with Gasteiger partial charge in [0.05, 0.1) is 43.1 Å². The number of carbonyl (C=O) groups excluding carboxylic acids is 1. The summed E-state index contributed by atoms with van der Waals surface area (Å²) in [5, 5.41) is 5.91. The number of rotatable bonds is 6. The Morgan fingerprint density at radius 2 is 1.95 bits per heavy atom. The molecule has 3 aromatic rings. The Kier molecular flexibility index (Phi) is 7.35. The average Bonchev–Trinajstić information content (AvgIpc) is 3.38. The lowest BCUT2D eigenvalue weighted by molar-refractivity contribution is -0.136. The molecule has 204 valence electrons. The molecule has 1 unspecified atom stereocenters. The normalized spacial score (nSPS) is 19.0. The van der Waals surface area contributed by atoms with Crippen molar-refractivity contribution in [1.82, 2.24) is 19.8 Å². The number of halogens is 3. The molecule has 38 heavy (non-hydrogen) atoms. The zero-order valence-electron chi connectivity index (χ0n) is 21.3. The number of aromatic nitrogens is 2. The first-order valence-corrected chi connectivity index (χ1v) is 12.6. The van der Waals surface area contributed by atoms with Gasteiger partial charge in [-0.1, -0.05) is 0 Å². The van der Waals surface area contributed by atoms with Gasteiger partial charge in [0.1, 0.15) is 17.2 Å². The number of aromatic amines is 1. The average molecular weight is 533 g/mol. The van der Waals surface area contributed by atoms with Gasteiger partial charge in [-0.05, 0) is 37.5 Å². The molecule has 2 aliphatic heterocycles. The third kappa shape index (κ3) is 5.10. The second-order valence-corrected chi connectivity index (χ2v) is 9.39. The molecule has 3 N–H and O–H groups in total. The molecule has 1 amide bonds. The fourth-order valence-corrected chi connectivity index (χ4v) is 5.26. The summed E-state index contributed by atoms with van der Waals surface area (Å²) in [6, 6.07) is 6.64. The molecule has 2 aliphatic rings. The topological polar surface area (TPSA) is 94.8 Å². The number of morpholine rings is 1. The smallest absolute Gasteiger partial charge is 0.418 e. The predicted octanol–water partition coefficient (Wildman–Crippen LogP) is 4.66. The van der Waals surface area contributed by atoms with Crippen molar-refractivity contribution in [1.29, 1.82) is 0 Å². The van der Waals surface area contributed by atoms with Crippen molar-refractivity contribution < 1.29 is 27.4 Å². The lowest BCUT2D eigenvalue weighted by Crippen LogP contribution is -2.56. The number of H-pyrrole nitrogens is 1. The van der Waals surface area contributed by atoms with Gasteiger partial charge >= 0.3 is 6.18 Å². The van der Waals surface area contributed by atoms with Crippen molar-refractivity contribution in [3.05, 3.63) is 41.6 Å². The second-order valence-electron chi connectivity index (χ2n) is 9.39. The molecule has 2 aromatic heterocycles. The van der Waals surface area contributed by atoms with E-state index in [1.54, 1.807) is 25.2 Å². The molecule has 1 aromatic carbocycles. The summed E-state index contributed by atoms with van der Waals surface area (Å²) in [5.41, 5.74) is 0.618. The number of methoxy groups -OCH3 is 1. The van der Waals surface area contributed by atoms with Crippen LogP contribution in [0.4, 0.5) is 30.4 Å². The van der Waals surface area contributed by atoms with Crippen molar-refractivity contribution in [2.24, 2.45) is 0 Å². The van der Waals surface area contributed by atoms with Gasteiger partial charge < -0.3 is 30.0 Å². The van der Waals surface area contributed by atoms with E-state index in [-0.39, 0.29) is 28.8 Å². The quantitative estimate of drug-likeness (QED) is 0.425. The van der Waals surface area contributed by atoms with E-state index < -0.39 is 11.7 Å². The molecule has 12 heteroatoms. The molecule has 0 aliphatic carbocycles. The first-order chi connectivity index (χ1) is 18.3. The number of anilines is 3. The Morgan fingerprint density at radius 1 is 1.16 bits per heavy atom. The second kappa shape index (κ2) is 10.7. The molecule has 0 radical (unpaired) electrons. The number of ether oxygens (including phenoxy) is 2. The van der Waals surface area contributed by atoms with Crippen LogP contribution < -0.4 is 15.4 Å². The third-order valence-corrected chi connectivity index (χ3v) is 7.13. The van der Waals surface area contributed by atoms with Crippen molar-refractivity contribution in [3.63, 3.8) is 0 Å². The van der Waals surface area contributed by atoms with E-state index in [1.165, 1.54) is 13.2 Å². The van der Waals surface area contributed by atoms with E-state index in [1.807, 2.05) is 4.90 Å². The van der Waals surface area contributed by atoms with Crippen LogP contribution in [-0.4, -0.2) is 78.8 Å². The lowest BCUT2D eigenvalue weighted by atomic mass is 10.0. The van der Waals surface area contributed by atoms with Crippen molar-refractivity contribution in [2.45, 2.75) is 31.6 Å². The maximum absolute atomic E-state index is 13.6. The molecular formula is C26H31F3N6O3. The highest BCUT2D eigenvalue weighted by molar-refractivity contribution is 5.97. The molecule has 0 saturated carbocycles. The summed E-state index contributed by atoms with van der Waals surface area (Å²) in [6.45, 7) is 3.63. The highest BCUT2D eigenvalue weighted by Gasteiger charge is 2.35. The number of hydrogen-bond acceptors (Lipinski definition) is 7. The van der Waals surface area contributed by atoms with Crippen molar-refractivity contribution in [3.8, 4) is 5.75 Å². The van der Waals surface area contributed by atoms with Crippen molar-refractivity contribution in [2.75, 3.05) is 57.6 Å². The number of fused-ring (bicyclic) bond motifs is 1. The van der Waals surface area contributed by atoms with Crippen molar-refractivity contribution >= 4 is 34.1 Å². The summed E-state index contributed by atoms with van der Waals surface area (Å²) < 4.78 is 51.4. The number of nitrogens with one attached hydrogen (secondary N) is 3. The Hall–Kier alpha value is -3.51. The fourth-order valence-electron chi connectivity index (χ4n) is 5.26. The highest BCUT2D eigenvalue weighted by Crippen LogP contribution is 2.39. The van der Waals surface area contributed by atoms with Gasteiger partial charge in [0, 0.05) is 50.2 Å². The monoisotopic (exact) mass is 532 g/mol. The van der Waals surface area contributed by atoms with E-state index in [9.17, 15) is 18.0 Å². The summed E-state index contributed by atoms with van der Waals surface area (Å²) in [5.74, 6) is 0.679. The zero-order valence-corrected chi connectivity index (χ0v) is 21.3. The van der Waals surface area contributed by atoms with Gasteiger partial charge in [0.25, 0.3) is 5.91 Å². The molecule has 5 rings (SSSR count). The van der Waals surface area contributed by atoms with Gasteiger partial charge in [-0.25, -0.2) is 4.98 Å². The largest absolute Gasteiger partial charge is 0.495 e. The van der Waals surface area contributed by atoms with Crippen LogP contribution in [0.2, 0.25) is 0 Å². The number of pyridine rings is 1. The SMILES string of the molecule is CNc1cc(Nc2ccc(C(=O)N3CCCCC3N3CCOCC3)cc2OC)nc2[nH]cc(C(F)(F)F)c12. The fraction of sp³-hybridized carbons (Fsp3) is 0.462. The highest BCUT2D eigenvalue weighted by atomic mass is 19.4. The molecule has 2 saturated heterocycles. The number of amides is 1. The molecule has 0 bridgehead atoms. The molecule has 0 spiro atoms. The molecule has 1 atom stereocenters. The van der Waals surface area contributed by atoms with E-state index >= 15 is 0 Å². The minimum absolute atomic E-state index is 0.0326. The zero-order chi connectivity index (χ0) is 26.9. The first-order valence-electron chi connectivity index (χ1n) is 12.6. The van der Waals surface area contributed by atoms with Gasteiger partial charge in [-0.2, -0.15) is 13.2 Å². The molecule has 2 fully saturated rings. The number of hydrogen-bond donors (Lipinski definition) is 3. The number of benzene rings is 1. The number of carbonyl (C=O) groups is 1. The number of piperidine rings is 1. The molecular weight excluding hydrogens is 501 g/mol. The van der Waals surface area contributed by atoms with E-state index in [0.717, 1.165) is 38.5 Å². The van der Waals surface area contributed by atoms with E-state index in [4.69, 9.17) is 9.47 Å². The summed E-state index contributed by atoms with van der Waals surface area (Å²) >= 11 is 0. The van der Waals surface area contributed by atoms with E-state index in [2.05, 4.69) is 25.5 Å². The number of alkyl halides is 3. The number of likely N-dealkylation sites (tertiary alicyclic amines) is 1. The first kappa shape index (κ1) is 26.1. The Bertz CT molecular complexity index is 1310. The van der Waals surface area contributed by atoms with Crippen LogP contribution in [0.1, 0.15) is 35.2 Å². The Balaban J connectivity index is 1.40. The molecule has 9 nitrogen and oxygen atoms in total. The minimum atomic E-state index is -4.51. The summed E-state index contributed by atoms with van der Waals surface area (Å²) in [4.78, 5) is 24.8. The number of nitrogens with zero attached hydrogens (tertiary/aromatic N) is 3. The van der Waals surface area contributed by atoms with Crippen LogP contribution in [0.3, 0.4) is 0 Å². The van der Waals surface area contributed by atoms with Gasteiger partial charge in [0.15, 0.2) is 0 Å². The Labute approximate surface area is 218 Å². The van der Waals surface area contributed by atoms with Crippen LogP contribution >= 0.6 is 0 Å². The minimum Gasteiger partial charge on any atom is -0.495 e. The van der Waals surface area contributed by atoms with Crippen LogP contribution in [0.25, 0.3) is 11.0 Å². The van der Waals surface area contributed by atoms with E-state index in [0.29, 0.717) is 42.6 Å². The maximum Gasteiger partial charge on any atom is 0.418 e. The Morgan fingerprint density at radius 3 is 2.66 bits per heavy atom. The van der Waals surface area contributed by atoms with Crippen LogP contribution in [0, 0.1) is 0 Å². The van der Waals surface area contributed by atoms with Gasteiger partial charge in [-0.3, -0.25) is 9.69 Å². The summed E-state index contributed by atoms with van der Waals surface area (Å²) in [6.07, 6.45) is -0.591. The molecule has 4 heterocycles. The van der Waals surface area contributed by atoms with Gasteiger partial charge in [0.2, 0.25) is 0 Å². The van der Waals surface area contributed by atoms with Crippen LogP contribution in [-0.2, 0) is 10.9 Å². The van der Waals surface area contributed by atoms with Crippen LogP contribution in [0.5, 0.6) is 5.75 Å². The standard InChI is InChI=1S/C26H31F3N6O3/c1-30-19-14-21(33-24-23(19)17(15-31-24)26(27,28)29)32-18-7-6-16(13-20(18)37-2)25(36)35-8-4-3-5-22(35)34-9-11-38-12-10-34/h6-7,13-15,22H,3-5,8-12H2,1-2H3,(H3,30,31,32,33).